The minimum absolute atomic E-state index is 0.0200. The second-order valence-electron chi connectivity index (χ2n) is 10.0. The van der Waals surface area contributed by atoms with Gasteiger partial charge in [-0.2, -0.15) is 0 Å². The molecular formula is C32H40O6. The molecule has 0 amide bonds. The van der Waals surface area contributed by atoms with Gasteiger partial charge in [0.2, 0.25) is 0 Å². The molecule has 204 valence electrons. The summed E-state index contributed by atoms with van der Waals surface area (Å²) in [7, 11) is 0. The number of unbranched alkanes of at least 4 members (excludes halogenated alkanes) is 1. The zero-order valence-electron chi connectivity index (χ0n) is 22.7. The first-order valence-electron chi connectivity index (χ1n) is 13.5. The molecule has 38 heavy (non-hydrogen) atoms. The number of hydrogen-bond donors (Lipinski definition) is 1. The van der Waals surface area contributed by atoms with E-state index in [0.29, 0.717) is 17.2 Å². The molecule has 0 radical (unpaired) electrons. The summed E-state index contributed by atoms with van der Waals surface area (Å²) in [6.45, 7) is 10.8. The van der Waals surface area contributed by atoms with Gasteiger partial charge < -0.3 is 19.3 Å². The van der Waals surface area contributed by atoms with Crippen LogP contribution in [-0.4, -0.2) is 36.9 Å². The average molecular weight is 521 g/mol. The van der Waals surface area contributed by atoms with Crippen molar-refractivity contribution < 1.29 is 28.9 Å². The second kappa shape index (κ2) is 14.5. The van der Waals surface area contributed by atoms with Crippen molar-refractivity contribution in [3.05, 3.63) is 72.3 Å². The molecule has 1 aliphatic carbocycles. The van der Waals surface area contributed by atoms with Gasteiger partial charge in [-0.15, -0.1) is 0 Å². The Morgan fingerprint density at radius 1 is 0.947 bits per heavy atom. The van der Waals surface area contributed by atoms with Crippen molar-refractivity contribution in [2.45, 2.75) is 64.7 Å². The molecule has 0 spiro atoms. The van der Waals surface area contributed by atoms with Crippen LogP contribution in [0.5, 0.6) is 11.5 Å². The average Bonchev–Trinajstić information content (AvgIpc) is 2.94. The van der Waals surface area contributed by atoms with Crippen LogP contribution in [0.1, 0.15) is 70.3 Å². The Bertz CT molecular complexity index is 1110. The van der Waals surface area contributed by atoms with Gasteiger partial charge in [0, 0.05) is 5.57 Å². The Morgan fingerprint density at radius 3 is 2.26 bits per heavy atom. The van der Waals surface area contributed by atoms with Crippen molar-refractivity contribution >= 4 is 11.9 Å². The summed E-state index contributed by atoms with van der Waals surface area (Å²) in [4.78, 5) is 23.6. The fourth-order valence-corrected chi connectivity index (χ4v) is 4.84. The van der Waals surface area contributed by atoms with Gasteiger partial charge in [0.1, 0.15) is 24.7 Å². The largest absolute Gasteiger partial charge is 0.490 e. The minimum Gasteiger partial charge on any atom is -0.490 e. The van der Waals surface area contributed by atoms with E-state index in [-0.39, 0.29) is 18.8 Å². The van der Waals surface area contributed by atoms with Gasteiger partial charge in [-0.3, -0.25) is 0 Å². The third-order valence-corrected chi connectivity index (χ3v) is 7.06. The number of carbonyl (C=O) groups is 2. The summed E-state index contributed by atoms with van der Waals surface area (Å²) in [6, 6.07) is 13.7. The standard InChI is InChI=1S/C32H40O6/c1-5-6-7-24-8-10-26(11-9-24)30-20-28(36-18-19-37-32(35)23(4)21-33)16-17-29(30)25-12-14-27(15-13-25)38-31(34)22(2)3/h12-17,20,24,26,33H,2,4-11,18-19,21H2,1,3H3. The number of rotatable bonds is 13. The molecule has 1 N–H and O–H groups in total. The van der Waals surface area contributed by atoms with E-state index in [0.717, 1.165) is 35.6 Å². The Labute approximate surface area is 226 Å². The molecular weight excluding hydrogens is 480 g/mol. The minimum atomic E-state index is -0.621. The van der Waals surface area contributed by atoms with Gasteiger partial charge >= 0.3 is 11.9 Å². The maximum Gasteiger partial charge on any atom is 0.338 e. The topological polar surface area (TPSA) is 82.1 Å². The Morgan fingerprint density at radius 2 is 1.63 bits per heavy atom. The SMILES string of the molecule is C=C(C)C(=O)Oc1ccc(-c2ccc(OCCOC(=O)C(=C)CO)cc2C2CCC(CCCC)CC2)cc1. The summed E-state index contributed by atoms with van der Waals surface area (Å²) < 4.78 is 16.4. The summed E-state index contributed by atoms with van der Waals surface area (Å²) >= 11 is 0. The molecule has 0 aliphatic heterocycles. The molecule has 0 saturated heterocycles. The van der Waals surface area contributed by atoms with E-state index in [1.54, 1.807) is 19.1 Å². The van der Waals surface area contributed by atoms with Crippen molar-refractivity contribution in [3.63, 3.8) is 0 Å². The molecule has 0 unspecified atom stereocenters. The zero-order valence-corrected chi connectivity index (χ0v) is 22.7. The number of aliphatic hydroxyl groups excluding tert-OH is 1. The van der Waals surface area contributed by atoms with E-state index in [1.807, 2.05) is 18.2 Å². The number of benzene rings is 2. The Kier molecular flexibility index (Phi) is 11.2. The van der Waals surface area contributed by atoms with Crippen LogP contribution < -0.4 is 9.47 Å². The lowest BCUT2D eigenvalue weighted by atomic mass is 9.75. The lowest BCUT2D eigenvalue weighted by Gasteiger charge is -2.30. The molecule has 0 atom stereocenters. The van der Waals surface area contributed by atoms with E-state index in [4.69, 9.17) is 19.3 Å². The van der Waals surface area contributed by atoms with Crippen molar-refractivity contribution in [1.82, 2.24) is 0 Å². The molecule has 0 heterocycles. The van der Waals surface area contributed by atoms with Crippen LogP contribution >= 0.6 is 0 Å². The first-order chi connectivity index (χ1) is 18.3. The van der Waals surface area contributed by atoms with E-state index in [1.165, 1.54) is 37.7 Å². The third kappa shape index (κ3) is 8.32. The molecule has 3 rings (SSSR count). The van der Waals surface area contributed by atoms with Crippen molar-refractivity contribution in [2.75, 3.05) is 19.8 Å². The van der Waals surface area contributed by atoms with Crippen LogP contribution in [0.15, 0.2) is 66.8 Å². The van der Waals surface area contributed by atoms with Gasteiger partial charge in [0.25, 0.3) is 0 Å². The van der Waals surface area contributed by atoms with Crippen molar-refractivity contribution in [3.8, 4) is 22.6 Å². The monoisotopic (exact) mass is 520 g/mol. The molecule has 1 aliphatic rings. The third-order valence-electron chi connectivity index (χ3n) is 7.06. The smallest absolute Gasteiger partial charge is 0.338 e. The van der Waals surface area contributed by atoms with Crippen molar-refractivity contribution in [1.29, 1.82) is 0 Å². The highest BCUT2D eigenvalue weighted by atomic mass is 16.6. The molecule has 0 bridgehead atoms. The van der Waals surface area contributed by atoms with Gasteiger partial charge in [-0.05, 0) is 85.4 Å². The molecule has 6 heteroatoms. The predicted molar refractivity (Wildman–Crippen MR) is 149 cm³/mol. The number of esters is 2. The molecule has 0 aromatic heterocycles. The highest BCUT2D eigenvalue weighted by Crippen LogP contribution is 2.42. The van der Waals surface area contributed by atoms with Crippen LogP contribution in [0, 0.1) is 5.92 Å². The number of ether oxygens (including phenoxy) is 3. The van der Waals surface area contributed by atoms with E-state index < -0.39 is 18.5 Å². The van der Waals surface area contributed by atoms with Gasteiger partial charge in [0.15, 0.2) is 0 Å². The van der Waals surface area contributed by atoms with E-state index in [2.05, 4.69) is 32.2 Å². The Balaban J connectivity index is 1.76. The number of aliphatic hydroxyl groups is 1. The van der Waals surface area contributed by atoms with Gasteiger partial charge in [-0.25, -0.2) is 9.59 Å². The molecule has 1 saturated carbocycles. The molecule has 2 aromatic rings. The van der Waals surface area contributed by atoms with Crippen LogP contribution in [-0.2, 0) is 14.3 Å². The summed E-state index contributed by atoms with van der Waals surface area (Å²) in [5, 5.41) is 8.99. The number of hydrogen-bond acceptors (Lipinski definition) is 6. The van der Waals surface area contributed by atoms with Crippen LogP contribution in [0.25, 0.3) is 11.1 Å². The van der Waals surface area contributed by atoms with Crippen molar-refractivity contribution in [2.24, 2.45) is 5.92 Å². The van der Waals surface area contributed by atoms with Crippen LogP contribution in [0.2, 0.25) is 0 Å². The van der Waals surface area contributed by atoms with Gasteiger partial charge in [0.05, 0.1) is 12.2 Å². The number of carbonyl (C=O) groups excluding carboxylic acids is 2. The molecule has 2 aromatic carbocycles. The maximum atomic E-state index is 11.9. The van der Waals surface area contributed by atoms with E-state index in [9.17, 15) is 9.59 Å². The Hall–Kier alpha value is -3.38. The maximum absolute atomic E-state index is 11.9. The van der Waals surface area contributed by atoms with E-state index >= 15 is 0 Å². The molecule has 6 nitrogen and oxygen atoms in total. The predicted octanol–water partition coefficient (Wildman–Crippen LogP) is 6.77. The zero-order chi connectivity index (χ0) is 27.5. The molecule has 1 fully saturated rings. The summed E-state index contributed by atoms with van der Waals surface area (Å²) in [5.74, 6) is 1.38. The first kappa shape index (κ1) is 29.2. The fraction of sp³-hybridized carbons (Fsp3) is 0.438. The first-order valence-corrected chi connectivity index (χ1v) is 13.5. The highest BCUT2D eigenvalue weighted by Gasteiger charge is 2.25. The van der Waals surface area contributed by atoms with Crippen LogP contribution in [0.4, 0.5) is 0 Å². The fourth-order valence-electron chi connectivity index (χ4n) is 4.84. The quantitative estimate of drug-likeness (QED) is 0.136. The highest BCUT2D eigenvalue weighted by molar-refractivity contribution is 5.89. The van der Waals surface area contributed by atoms with Crippen LogP contribution in [0.3, 0.4) is 0 Å². The lowest BCUT2D eigenvalue weighted by molar-refractivity contribution is -0.140. The lowest BCUT2D eigenvalue weighted by Crippen LogP contribution is -2.16. The summed E-state index contributed by atoms with van der Waals surface area (Å²) in [6.07, 6.45) is 8.59. The normalized spacial score (nSPS) is 16.9. The summed E-state index contributed by atoms with van der Waals surface area (Å²) in [5.41, 5.74) is 3.80. The van der Waals surface area contributed by atoms with Gasteiger partial charge in [-0.1, -0.05) is 57.5 Å². The second-order valence-corrected chi connectivity index (χ2v) is 10.0.